The van der Waals surface area contributed by atoms with Crippen LogP contribution in [0.15, 0.2) is 23.1 Å². The Morgan fingerprint density at radius 1 is 1.22 bits per heavy atom. The van der Waals surface area contributed by atoms with E-state index in [-0.39, 0.29) is 18.0 Å². The highest BCUT2D eigenvalue weighted by Gasteiger charge is 2.37. The van der Waals surface area contributed by atoms with Crippen LogP contribution in [-0.2, 0) is 10.0 Å². The lowest BCUT2D eigenvalue weighted by atomic mass is 10.2. The number of nitrogens with two attached hydrogens (primary N) is 1. The highest BCUT2D eigenvalue weighted by molar-refractivity contribution is 7.89. The van der Waals surface area contributed by atoms with E-state index in [2.05, 4.69) is 0 Å². The molecular formula is C11H16N2O4S. The zero-order valence-electron chi connectivity index (χ0n) is 9.94. The van der Waals surface area contributed by atoms with Gasteiger partial charge in [0.15, 0.2) is 0 Å². The molecule has 0 aliphatic carbocycles. The van der Waals surface area contributed by atoms with Crippen molar-refractivity contribution in [3.8, 4) is 0 Å². The van der Waals surface area contributed by atoms with Gasteiger partial charge in [-0.05, 0) is 30.7 Å². The number of rotatable bonds is 2. The molecule has 2 atom stereocenters. The molecule has 1 aromatic carbocycles. The third-order valence-electron chi connectivity index (χ3n) is 2.94. The Hall–Kier alpha value is -1.15. The molecule has 1 aromatic rings. The molecule has 4 N–H and O–H groups in total. The summed E-state index contributed by atoms with van der Waals surface area (Å²) < 4.78 is 25.6. The minimum Gasteiger partial charge on any atom is -0.399 e. The molecule has 0 radical (unpaired) electrons. The minimum atomic E-state index is -3.72. The lowest BCUT2D eigenvalue weighted by molar-refractivity contribution is 0.0572. The minimum absolute atomic E-state index is 0.0845. The van der Waals surface area contributed by atoms with Gasteiger partial charge >= 0.3 is 0 Å². The van der Waals surface area contributed by atoms with Crippen molar-refractivity contribution in [3.05, 3.63) is 23.8 Å². The number of aliphatic hydroxyl groups excluding tert-OH is 2. The number of anilines is 1. The maximum atomic E-state index is 12.3. The van der Waals surface area contributed by atoms with Crippen molar-refractivity contribution in [3.63, 3.8) is 0 Å². The molecule has 0 unspecified atom stereocenters. The van der Waals surface area contributed by atoms with E-state index in [0.29, 0.717) is 5.69 Å². The van der Waals surface area contributed by atoms with Crippen molar-refractivity contribution >= 4 is 15.7 Å². The zero-order valence-corrected chi connectivity index (χ0v) is 10.8. The highest BCUT2D eigenvalue weighted by Crippen LogP contribution is 2.24. The number of aryl methyl sites for hydroxylation is 1. The van der Waals surface area contributed by atoms with E-state index in [4.69, 9.17) is 5.73 Å². The molecule has 0 amide bonds. The molecule has 0 saturated carbocycles. The molecule has 0 aromatic heterocycles. The van der Waals surface area contributed by atoms with Crippen molar-refractivity contribution < 1.29 is 18.6 Å². The molecule has 0 bridgehead atoms. The Balaban J connectivity index is 2.37. The van der Waals surface area contributed by atoms with E-state index in [0.717, 1.165) is 9.87 Å². The van der Waals surface area contributed by atoms with Crippen molar-refractivity contribution in [1.29, 1.82) is 0 Å². The summed E-state index contributed by atoms with van der Waals surface area (Å²) in [6.45, 7) is 1.55. The van der Waals surface area contributed by atoms with Crippen molar-refractivity contribution in [2.45, 2.75) is 24.0 Å². The van der Waals surface area contributed by atoms with Crippen LogP contribution in [-0.4, -0.2) is 48.2 Å². The second-order valence-electron chi connectivity index (χ2n) is 4.54. The molecule has 1 saturated heterocycles. The predicted molar refractivity (Wildman–Crippen MR) is 66.4 cm³/mol. The Kier molecular flexibility index (Phi) is 3.33. The Morgan fingerprint density at radius 3 is 2.28 bits per heavy atom. The molecule has 6 nitrogen and oxygen atoms in total. The summed E-state index contributed by atoms with van der Waals surface area (Å²) in [6.07, 6.45) is -2.08. The zero-order chi connectivity index (χ0) is 13.5. The summed E-state index contributed by atoms with van der Waals surface area (Å²) in [7, 11) is -3.72. The van der Waals surface area contributed by atoms with E-state index < -0.39 is 22.2 Å². The van der Waals surface area contributed by atoms with Gasteiger partial charge in [-0.15, -0.1) is 0 Å². The summed E-state index contributed by atoms with van der Waals surface area (Å²) in [5.41, 5.74) is 6.74. The van der Waals surface area contributed by atoms with E-state index in [1.54, 1.807) is 13.0 Å². The van der Waals surface area contributed by atoms with Gasteiger partial charge in [-0.2, -0.15) is 4.31 Å². The van der Waals surface area contributed by atoms with Crippen molar-refractivity contribution in [2.75, 3.05) is 18.8 Å². The molecule has 2 rings (SSSR count). The molecule has 0 spiro atoms. The fourth-order valence-corrected chi connectivity index (χ4v) is 3.62. The number of nitrogen functional groups attached to an aromatic ring is 1. The number of hydrogen-bond acceptors (Lipinski definition) is 5. The first kappa shape index (κ1) is 13.3. The predicted octanol–water partition coefficient (Wildman–Crippen LogP) is -0.697. The van der Waals surface area contributed by atoms with Crippen LogP contribution in [0.4, 0.5) is 5.69 Å². The van der Waals surface area contributed by atoms with Crippen molar-refractivity contribution in [2.24, 2.45) is 0 Å². The van der Waals surface area contributed by atoms with Crippen LogP contribution in [0.5, 0.6) is 0 Å². The van der Waals surface area contributed by atoms with Crippen LogP contribution in [0.2, 0.25) is 0 Å². The molecule has 18 heavy (non-hydrogen) atoms. The number of aliphatic hydroxyl groups is 2. The van der Waals surface area contributed by atoms with Gasteiger partial charge in [0.05, 0.1) is 17.1 Å². The second kappa shape index (κ2) is 4.51. The van der Waals surface area contributed by atoms with Crippen LogP contribution >= 0.6 is 0 Å². The van der Waals surface area contributed by atoms with Gasteiger partial charge in [0.1, 0.15) is 0 Å². The standard InChI is InChI=1S/C11H16N2O4S/c1-7-2-8(12)4-9(3-7)18(16,17)13-5-10(14)11(15)6-13/h2-4,10-11,14-15H,5-6,12H2,1H3/t10-,11+. The second-order valence-corrected chi connectivity index (χ2v) is 6.47. The van der Waals surface area contributed by atoms with Crippen molar-refractivity contribution in [1.82, 2.24) is 4.31 Å². The average molecular weight is 272 g/mol. The first-order valence-electron chi connectivity index (χ1n) is 5.54. The van der Waals surface area contributed by atoms with E-state index in [1.807, 2.05) is 0 Å². The number of β-amino-alcohol motifs (C(OH)–C–C–N with tert-alkyl or cyclic N) is 2. The fraction of sp³-hybridized carbons (Fsp3) is 0.455. The summed E-state index contributed by atoms with van der Waals surface area (Å²) >= 11 is 0. The normalized spacial score (nSPS) is 25.5. The highest BCUT2D eigenvalue weighted by atomic mass is 32.2. The molecule has 1 aliphatic rings. The van der Waals surface area contributed by atoms with Crippen LogP contribution in [0.25, 0.3) is 0 Å². The van der Waals surface area contributed by atoms with Gasteiger partial charge in [0.25, 0.3) is 0 Å². The summed E-state index contributed by atoms with van der Waals surface area (Å²) in [6, 6.07) is 4.56. The van der Waals surface area contributed by atoms with E-state index >= 15 is 0 Å². The topological polar surface area (TPSA) is 104 Å². The molecule has 1 heterocycles. The van der Waals surface area contributed by atoms with Gasteiger partial charge in [0.2, 0.25) is 10.0 Å². The fourth-order valence-electron chi connectivity index (χ4n) is 2.01. The van der Waals surface area contributed by atoms with Crippen LogP contribution in [0, 0.1) is 6.92 Å². The maximum absolute atomic E-state index is 12.3. The van der Waals surface area contributed by atoms with Gasteiger partial charge in [-0.1, -0.05) is 0 Å². The molecule has 1 fully saturated rings. The Labute approximate surface area is 106 Å². The number of sulfonamides is 1. The number of nitrogens with zero attached hydrogens (tertiary/aromatic N) is 1. The number of hydrogen-bond donors (Lipinski definition) is 3. The summed E-state index contributed by atoms with van der Waals surface area (Å²) in [5, 5.41) is 18.8. The third kappa shape index (κ3) is 2.35. The monoisotopic (exact) mass is 272 g/mol. The lowest BCUT2D eigenvalue weighted by Gasteiger charge is -2.16. The van der Waals surface area contributed by atoms with Crippen LogP contribution in [0.1, 0.15) is 5.56 Å². The first-order valence-corrected chi connectivity index (χ1v) is 6.98. The smallest absolute Gasteiger partial charge is 0.243 e. The lowest BCUT2D eigenvalue weighted by Crippen LogP contribution is -2.30. The maximum Gasteiger partial charge on any atom is 0.243 e. The first-order chi connectivity index (χ1) is 8.30. The van der Waals surface area contributed by atoms with Crippen LogP contribution in [0.3, 0.4) is 0 Å². The Morgan fingerprint density at radius 2 is 1.78 bits per heavy atom. The largest absolute Gasteiger partial charge is 0.399 e. The third-order valence-corrected chi connectivity index (χ3v) is 4.75. The van der Waals surface area contributed by atoms with E-state index in [9.17, 15) is 18.6 Å². The molecular weight excluding hydrogens is 256 g/mol. The molecule has 1 aliphatic heterocycles. The van der Waals surface area contributed by atoms with E-state index in [1.165, 1.54) is 12.1 Å². The quantitative estimate of drug-likeness (QED) is 0.618. The van der Waals surface area contributed by atoms with Crippen LogP contribution < -0.4 is 5.73 Å². The van der Waals surface area contributed by atoms with Gasteiger partial charge in [-0.25, -0.2) is 8.42 Å². The number of benzene rings is 1. The summed E-state index contributed by atoms with van der Waals surface area (Å²) in [5.74, 6) is 0. The Bertz CT molecular complexity index is 528. The SMILES string of the molecule is Cc1cc(N)cc(S(=O)(=O)N2C[C@@H](O)[C@@H](O)C2)c1. The van der Waals surface area contributed by atoms with Gasteiger partial charge in [0, 0.05) is 18.8 Å². The van der Waals surface area contributed by atoms with Gasteiger partial charge < -0.3 is 15.9 Å². The molecule has 100 valence electrons. The molecule has 7 heteroatoms. The van der Waals surface area contributed by atoms with Gasteiger partial charge in [-0.3, -0.25) is 0 Å². The summed E-state index contributed by atoms with van der Waals surface area (Å²) in [4.78, 5) is 0.0845. The average Bonchev–Trinajstić information content (AvgIpc) is 2.58.